The van der Waals surface area contributed by atoms with Gasteiger partial charge >= 0.3 is 0 Å². The molecule has 1 heterocycles. The molecule has 0 radical (unpaired) electrons. The number of nitrogens with zero attached hydrogens (tertiary/aromatic N) is 1. The van der Waals surface area contributed by atoms with Crippen LogP contribution in [0.15, 0.2) is 23.9 Å². The molecule has 0 aliphatic heterocycles. The number of aromatic nitrogens is 1. The second kappa shape index (κ2) is 10.9. The van der Waals surface area contributed by atoms with Gasteiger partial charge in [0.15, 0.2) is 0 Å². The van der Waals surface area contributed by atoms with E-state index in [0.29, 0.717) is 6.42 Å². The molecule has 0 fully saturated rings. The van der Waals surface area contributed by atoms with Gasteiger partial charge in [0.05, 0.1) is 5.56 Å². The number of rotatable bonds is 12. The summed E-state index contributed by atoms with van der Waals surface area (Å²) in [6.45, 7) is 2.24. The monoisotopic (exact) mass is 357 g/mol. The lowest BCUT2D eigenvalue weighted by Gasteiger charge is -2.16. The number of unbranched alkanes of at least 4 members (excludes halogenated alkanes) is 10. The van der Waals surface area contributed by atoms with Crippen LogP contribution < -0.4 is 0 Å². The van der Waals surface area contributed by atoms with Crippen LogP contribution in [0.4, 0.5) is 0 Å². The Hall–Kier alpha value is -1.97. The summed E-state index contributed by atoms with van der Waals surface area (Å²) < 4.78 is 0. The molecule has 2 rings (SSSR count). The number of aliphatic hydroxyl groups is 1. The fourth-order valence-electron chi connectivity index (χ4n) is 3.48. The van der Waals surface area contributed by atoms with Crippen LogP contribution in [0.25, 0.3) is 5.76 Å². The molecule has 0 aromatic carbocycles. The number of fused-ring (bicyclic) bond motifs is 1. The van der Waals surface area contributed by atoms with E-state index in [-0.39, 0.29) is 22.6 Å². The fourth-order valence-corrected chi connectivity index (χ4v) is 3.48. The molecule has 4 heteroatoms. The first kappa shape index (κ1) is 20.3. The average molecular weight is 357 g/mol. The van der Waals surface area contributed by atoms with E-state index in [1.165, 1.54) is 63.6 Å². The highest BCUT2D eigenvalue weighted by atomic mass is 16.3. The van der Waals surface area contributed by atoms with E-state index in [0.717, 1.165) is 19.3 Å². The summed E-state index contributed by atoms with van der Waals surface area (Å²) in [5.41, 5.74) is 0.685. The van der Waals surface area contributed by atoms with Crippen LogP contribution in [0.1, 0.15) is 100 Å². The Bertz CT molecular complexity index is 649. The standard InChI is InChI=1S/C22H31NO3/c1-2-3-4-5-6-7-8-9-10-11-12-14-18-20(24)19-17(15-13-16-23-19)21(25)22(18)26/h13,15-16,24H,2-12,14H2,1H3. The van der Waals surface area contributed by atoms with E-state index < -0.39 is 11.6 Å². The number of hydrogen-bond donors (Lipinski definition) is 1. The van der Waals surface area contributed by atoms with E-state index in [9.17, 15) is 14.7 Å². The maximum Gasteiger partial charge on any atom is 0.235 e. The number of carbonyl (C=O) groups excluding carboxylic acids is 2. The third kappa shape index (κ3) is 5.52. The van der Waals surface area contributed by atoms with Gasteiger partial charge in [0.2, 0.25) is 11.6 Å². The summed E-state index contributed by atoms with van der Waals surface area (Å²) in [6, 6.07) is 3.14. The molecule has 0 amide bonds. The SMILES string of the molecule is CCCCCCCCCCCCCC1=C(O)c2ncccc2C(=O)C1=O. The molecule has 1 aliphatic carbocycles. The maximum atomic E-state index is 12.2. The Kier molecular flexibility index (Phi) is 8.52. The van der Waals surface area contributed by atoms with Crippen molar-refractivity contribution in [2.75, 3.05) is 0 Å². The molecule has 0 saturated carbocycles. The van der Waals surface area contributed by atoms with E-state index in [1.54, 1.807) is 6.07 Å². The normalized spacial score (nSPS) is 14.0. The van der Waals surface area contributed by atoms with E-state index in [1.807, 2.05) is 0 Å². The number of aliphatic hydroxyl groups excluding tert-OH is 1. The lowest BCUT2D eigenvalue weighted by molar-refractivity contribution is -0.112. The van der Waals surface area contributed by atoms with E-state index in [2.05, 4.69) is 11.9 Å². The van der Waals surface area contributed by atoms with E-state index >= 15 is 0 Å². The molecule has 0 unspecified atom stereocenters. The zero-order chi connectivity index (χ0) is 18.8. The van der Waals surface area contributed by atoms with Crippen molar-refractivity contribution >= 4 is 17.3 Å². The largest absolute Gasteiger partial charge is 0.505 e. The second-order valence-corrected chi connectivity index (χ2v) is 7.17. The first-order valence-electron chi connectivity index (χ1n) is 10.1. The summed E-state index contributed by atoms with van der Waals surface area (Å²) in [4.78, 5) is 28.4. The molecule has 1 aliphatic rings. The summed E-state index contributed by atoms with van der Waals surface area (Å²) in [7, 11) is 0. The van der Waals surface area contributed by atoms with E-state index in [4.69, 9.17) is 0 Å². The number of allylic oxidation sites excluding steroid dienone is 1. The highest BCUT2D eigenvalue weighted by molar-refractivity contribution is 6.52. The van der Waals surface area contributed by atoms with Crippen molar-refractivity contribution in [2.45, 2.75) is 84.0 Å². The molecular formula is C22H31NO3. The Morgan fingerprint density at radius 2 is 1.42 bits per heavy atom. The molecule has 0 saturated heterocycles. The van der Waals surface area contributed by atoms with Crippen molar-refractivity contribution in [3.8, 4) is 0 Å². The molecule has 0 spiro atoms. The van der Waals surface area contributed by atoms with Crippen LogP contribution in [-0.2, 0) is 4.79 Å². The lowest BCUT2D eigenvalue weighted by Crippen LogP contribution is -2.24. The van der Waals surface area contributed by atoms with Gasteiger partial charge in [-0.15, -0.1) is 0 Å². The minimum absolute atomic E-state index is 0.114. The van der Waals surface area contributed by atoms with Crippen molar-refractivity contribution in [3.05, 3.63) is 35.2 Å². The van der Waals surface area contributed by atoms with Crippen molar-refractivity contribution in [1.82, 2.24) is 4.98 Å². The van der Waals surface area contributed by atoms with Gasteiger partial charge in [-0.05, 0) is 25.0 Å². The minimum Gasteiger partial charge on any atom is -0.505 e. The quantitative estimate of drug-likeness (QED) is 0.378. The highest BCUT2D eigenvalue weighted by Crippen LogP contribution is 2.29. The number of hydrogen-bond acceptors (Lipinski definition) is 4. The summed E-state index contributed by atoms with van der Waals surface area (Å²) in [6.07, 6.45) is 15.4. The molecule has 26 heavy (non-hydrogen) atoms. The third-order valence-corrected chi connectivity index (χ3v) is 5.07. The fraction of sp³-hybridized carbons (Fsp3) is 0.591. The molecule has 4 nitrogen and oxygen atoms in total. The Balaban J connectivity index is 1.68. The van der Waals surface area contributed by atoms with Crippen LogP contribution >= 0.6 is 0 Å². The van der Waals surface area contributed by atoms with Crippen LogP contribution in [0, 0.1) is 0 Å². The number of ketones is 2. The smallest absolute Gasteiger partial charge is 0.235 e. The van der Waals surface area contributed by atoms with Gasteiger partial charge in [-0.3, -0.25) is 14.6 Å². The number of carbonyl (C=O) groups is 2. The van der Waals surface area contributed by atoms with Crippen LogP contribution in [0.3, 0.4) is 0 Å². The summed E-state index contributed by atoms with van der Waals surface area (Å²) in [5.74, 6) is -1.24. The summed E-state index contributed by atoms with van der Waals surface area (Å²) in [5, 5.41) is 10.3. The van der Waals surface area contributed by atoms with Crippen molar-refractivity contribution in [2.24, 2.45) is 0 Å². The van der Waals surface area contributed by atoms with Gasteiger partial charge in [-0.2, -0.15) is 0 Å². The van der Waals surface area contributed by atoms with Gasteiger partial charge in [-0.25, -0.2) is 0 Å². The molecule has 1 aromatic heterocycles. The van der Waals surface area contributed by atoms with Crippen LogP contribution in [-0.4, -0.2) is 21.7 Å². The van der Waals surface area contributed by atoms with Gasteiger partial charge in [-0.1, -0.05) is 71.1 Å². The minimum atomic E-state index is -0.574. The predicted octanol–water partition coefficient (Wildman–Crippen LogP) is 5.82. The number of Topliss-reactive ketones (excluding diaryl/α,β-unsaturated/α-hetero) is 2. The zero-order valence-corrected chi connectivity index (χ0v) is 15.9. The van der Waals surface area contributed by atoms with Crippen LogP contribution in [0.2, 0.25) is 0 Å². The average Bonchev–Trinajstić information content (AvgIpc) is 2.66. The molecule has 1 aromatic rings. The van der Waals surface area contributed by atoms with Crippen molar-refractivity contribution < 1.29 is 14.7 Å². The Morgan fingerprint density at radius 3 is 2.04 bits per heavy atom. The topological polar surface area (TPSA) is 67.3 Å². The van der Waals surface area contributed by atoms with Crippen LogP contribution in [0.5, 0.6) is 0 Å². The van der Waals surface area contributed by atoms with Gasteiger partial charge in [0.25, 0.3) is 0 Å². The summed E-state index contributed by atoms with van der Waals surface area (Å²) >= 11 is 0. The van der Waals surface area contributed by atoms with Gasteiger partial charge in [0.1, 0.15) is 11.5 Å². The first-order chi connectivity index (χ1) is 12.7. The number of pyridine rings is 1. The third-order valence-electron chi connectivity index (χ3n) is 5.07. The Morgan fingerprint density at radius 1 is 0.846 bits per heavy atom. The molecule has 1 N–H and O–H groups in total. The zero-order valence-electron chi connectivity index (χ0n) is 15.9. The molecule has 0 atom stereocenters. The van der Waals surface area contributed by atoms with Gasteiger partial charge in [0, 0.05) is 11.8 Å². The first-order valence-corrected chi connectivity index (χ1v) is 10.1. The molecule has 0 bridgehead atoms. The maximum absolute atomic E-state index is 12.2. The predicted molar refractivity (Wildman–Crippen MR) is 104 cm³/mol. The molecular weight excluding hydrogens is 326 g/mol. The Labute approximate surface area is 156 Å². The molecule has 142 valence electrons. The van der Waals surface area contributed by atoms with Crippen molar-refractivity contribution in [3.63, 3.8) is 0 Å². The van der Waals surface area contributed by atoms with Gasteiger partial charge < -0.3 is 5.11 Å². The highest BCUT2D eigenvalue weighted by Gasteiger charge is 2.32. The van der Waals surface area contributed by atoms with Crippen molar-refractivity contribution in [1.29, 1.82) is 0 Å². The second-order valence-electron chi connectivity index (χ2n) is 7.17. The lowest BCUT2D eigenvalue weighted by atomic mass is 9.89.